The van der Waals surface area contributed by atoms with Crippen LogP contribution >= 0.6 is 0 Å². The third-order valence-corrected chi connectivity index (χ3v) is 6.87. The van der Waals surface area contributed by atoms with Gasteiger partial charge in [-0.15, -0.1) is 0 Å². The van der Waals surface area contributed by atoms with Crippen LogP contribution in [0.1, 0.15) is 88.2 Å². The van der Waals surface area contributed by atoms with Crippen LogP contribution in [0, 0.1) is 33.6 Å². The SMILES string of the molecule is CCCCN(C(=O)C(NC(=O)OC(C)(C)C)C(C)C)C(C(=O)Nc1c(C)cccc1C)c1cccc(C)c1C. The van der Waals surface area contributed by atoms with Gasteiger partial charge in [0.15, 0.2) is 0 Å². The van der Waals surface area contributed by atoms with Gasteiger partial charge in [-0.25, -0.2) is 4.79 Å². The lowest BCUT2D eigenvalue weighted by Gasteiger charge is -2.36. The number of aryl methyl sites for hydroxylation is 3. The third kappa shape index (κ3) is 8.57. The van der Waals surface area contributed by atoms with Crippen LogP contribution in [-0.2, 0) is 14.3 Å². The molecule has 2 rings (SSSR count). The van der Waals surface area contributed by atoms with Gasteiger partial charge in [-0.05, 0) is 88.6 Å². The number of ether oxygens (including phenoxy) is 1. The van der Waals surface area contributed by atoms with Crippen LogP contribution < -0.4 is 10.6 Å². The van der Waals surface area contributed by atoms with Gasteiger partial charge >= 0.3 is 6.09 Å². The molecule has 7 nitrogen and oxygen atoms in total. The lowest BCUT2D eigenvalue weighted by Crippen LogP contribution is -2.54. The van der Waals surface area contributed by atoms with Gasteiger partial charge in [0.25, 0.3) is 5.91 Å². The van der Waals surface area contributed by atoms with Gasteiger partial charge in [-0.2, -0.15) is 0 Å². The summed E-state index contributed by atoms with van der Waals surface area (Å²) in [4.78, 5) is 42.8. The molecule has 7 heteroatoms. The summed E-state index contributed by atoms with van der Waals surface area (Å²) in [6.07, 6.45) is 0.891. The maximum atomic E-state index is 14.3. The van der Waals surface area contributed by atoms with Crippen molar-refractivity contribution in [1.82, 2.24) is 10.2 Å². The van der Waals surface area contributed by atoms with Crippen molar-refractivity contribution in [3.8, 4) is 0 Å². The first-order valence-electron chi connectivity index (χ1n) is 13.9. The molecule has 0 aliphatic rings. The van der Waals surface area contributed by atoms with E-state index in [2.05, 4.69) is 10.6 Å². The summed E-state index contributed by atoms with van der Waals surface area (Å²) in [6.45, 7) is 19.4. The monoisotopic (exact) mass is 537 g/mol. The zero-order chi connectivity index (χ0) is 29.5. The summed E-state index contributed by atoms with van der Waals surface area (Å²) in [5.74, 6) is -0.827. The maximum absolute atomic E-state index is 14.3. The fourth-order valence-corrected chi connectivity index (χ4v) is 4.55. The van der Waals surface area contributed by atoms with Crippen molar-refractivity contribution in [2.75, 3.05) is 11.9 Å². The normalized spacial score (nSPS) is 13.0. The Bertz CT molecular complexity index is 1150. The number of hydrogen-bond acceptors (Lipinski definition) is 4. The number of anilines is 1. The number of rotatable bonds is 10. The van der Waals surface area contributed by atoms with E-state index in [9.17, 15) is 14.4 Å². The second-order valence-electron chi connectivity index (χ2n) is 11.7. The molecule has 214 valence electrons. The molecule has 0 aromatic heterocycles. The number of alkyl carbamates (subject to hydrolysis) is 1. The molecule has 2 unspecified atom stereocenters. The molecule has 2 atom stereocenters. The van der Waals surface area contributed by atoms with Gasteiger partial charge in [-0.1, -0.05) is 63.6 Å². The van der Waals surface area contributed by atoms with E-state index >= 15 is 0 Å². The highest BCUT2D eigenvalue weighted by Crippen LogP contribution is 2.30. The minimum atomic E-state index is -0.885. The molecule has 0 heterocycles. The predicted molar refractivity (Wildman–Crippen MR) is 158 cm³/mol. The molecule has 0 aliphatic carbocycles. The van der Waals surface area contributed by atoms with Crippen LogP contribution in [0.4, 0.5) is 10.5 Å². The molecule has 0 aliphatic heterocycles. The van der Waals surface area contributed by atoms with Crippen molar-refractivity contribution in [1.29, 1.82) is 0 Å². The van der Waals surface area contributed by atoms with Crippen molar-refractivity contribution in [2.45, 2.75) is 99.8 Å². The Labute approximate surface area is 234 Å². The lowest BCUT2D eigenvalue weighted by molar-refractivity contribution is -0.141. The molecule has 2 aromatic carbocycles. The Balaban J connectivity index is 2.62. The van der Waals surface area contributed by atoms with E-state index in [1.807, 2.05) is 84.9 Å². The average molecular weight is 538 g/mol. The number of nitrogens with one attached hydrogen (secondary N) is 2. The Morgan fingerprint density at radius 3 is 2.03 bits per heavy atom. The van der Waals surface area contributed by atoms with Gasteiger partial charge < -0.3 is 20.3 Å². The minimum absolute atomic E-state index is 0.227. The molecule has 0 radical (unpaired) electrons. The average Bonchev–Trinajstić information content (AvgIpc) is 2.83. The first kappa shape index (κ1) is 31.9. The van der Waals surface area contributed by atoms with Crippen LogP contribution in [0.2, 0.25) is 0 Å². The molecular weight excluding hydrogens is 490 g/mol. The standard InChI is InChI=1S/C32H47N3O4/c1-11-12-19-35(30(37)26(20(2)3)34-31(38)39-32(8,9)10)28(25-18-14-15-21(4)24(25)7)29(36)33-27-22(5)16-13-17-23(27)6/h13-18,20,26,28H,11-12,19H2,1-10H3,(H,33,36)(H,34,38). The zero-order valence-corrected chi connectivity index (χ0v) is 25.4. The highest BCUT2D eigenvalue weighted by molar-refractivity contribution is 6.00. The van der Waals surface area contributed by atoms with Gasteiger partial charge in [0.1, 0.15) is 17.7 Å². The Kier molecular flexibility index (Phi) is 11.1. The van der Waals surface area contributed by atoms with Crippen LogP contribution in [0.3, 0.4) is 0 Å². The largest absolute Gasteiger partial charge is 0.444 e. The highest BCUT2D eigenvalue weighted by Gasteiger charge is 2.38. The second kappa shape index (κ2) is 13.6. The number of carbonyl (C=O) groups is 3. The first-order valence-corrected chi connectivity index (χ1v) is 13.9. The topological polar surface area (TPSA) is 87.7 Å². The second-order valence-corrected chi connectivity index (χ2v) is 11.7. The molecular formula is C32H47N3O4. The quantitative estimate of drug-likeness (QED) is 0.350. The van der Waals surface area contributed by atoms with Gasteiger partial charge in [0.05, 0.1) is 0 Å². The third-order valence-electron chi connectivity index (χ3n) is 6.87. The molecule has 2 N–H and O–H groups in total. The maximum Gasteiger partial charge on any atom is 0.408 e. The Morgan fingerprint density at radius 2 is 1.49 bits per heavy atom. The molecule has 0 bridgehead atoms. The van der Waals surface area contributed by atoms with Crippen LogP contribution in [-0.4, -0.2) is 41.0 Å². The number of amides is 3. The Morgan fingerprint density at radius 1 is 0.923 bits per heavy atom. The minimum Gasteiger partial charge on any atom is -0.444 e. The number of unbranched alkanes of at least 4 members (excludes halogenated alkanes) is 1. The highest BCUT2D eigenvalue weighted by atomic mass is 16.6. The first-order chi connectivity index (χ1) is 18.2. The molecule has 39 heavy (non-hydrogen) atoms. The molecule has 0 saturated carbocycles. The van der Waals surface area contributed by atoms with Gasteiger partial charge in [0, 0.05) is 12.2 Å². The van der Waals surface area contributed by atoms with Gasteiger partial charge in [0.2, 0.25) is 5.91 Å². The molecule has 2 aromatic rings. The Hall–Kier alpha value is -3.35. The number of carbonyl (C=O) groups excluding carboxylic acids is 3. The van der Waals surface area contributed by atoms with Crippen molar-refractivity contribution in [3.05, 3.63) is 64.2 Å². The summed E-state index contributed by atoms with van der Waals surface area (Å²) in [5.41, 5.74) is 4.68. The summed E-state index contributed by atoms with van der Waals surface area (Å²) < 4.78 is 5.46. The molecule has 3 amide bonds. The summed E-state index contributed by atoms with van der Waals surface area (Å²) >= 11 is 0. The molecule has 0 fully saturated rings. The van der Waals surface area contributed by atoms with Crippen LogP contribution in [0.5, 0.6) is 0 Å². The van der Waals surface area contributed by atoms with E-state index in [1.165, 1.54) is 0 Å². The van der Waals surface area contributed by atoms with E-state index in [4.69, 9.17) is 4.74 Å². The lowest BCUT2D eigenvalue weighted by atomic mass is 9.93. The van der Waals surface area contributed by atoms with E-state index in [1.54, 1.807) is 25.7 Å². The van der Waals surface area contributed by atoms with Crippen molar-refractivity contribution in [2.24, 2.45) is 5.92 Å². The van der Waals surface area contributed by atoms with E-state index in [0.29, 0.717) is 13.0 Å². The van der Waals surface area contributed by atoms with E-state index < -0.39 is 23.8 Å². The molecule has 0 spiro atoms. The van der Waals surface area contributed by atoms with E-state index in [0.717, 1.165) is 39.9 Å². The van der Waals surface area contributed by atoms with Crippen molar-refractivity contribution < 1.29 is 19.1 Å². The van der Waals surface area contributed by atoms with Crippen molar-refractivity contribution in [3.63, 3.8) is 0 Å². The van der Waals surface area contributed by atoms with E-state index in [-0.39, 0.29) is 17.7 Å². The number of benzene rings is 2. The summed E-state index contributed by atoms with van der Waals surface area (Å²) in [7, 11) is 0. The predicted octanol–water partition coefficient (Wildman–Crippen LogP) is 6.78. The smallest absolute Gasteiger partial charge is 0.408 e. The number of nitrogens with zero attached hydrogens (tertiary/aromatic N) is 1. The fraction of sp³-hybridized carbons (Fsp3) is 0.531. The van der Waals surface area contributed by atoms with Crippen LogP contribution in [0.15, 0.2) is 36.4 Å². The summed E-state index contributed by atoms with van der Waals surface area (Å²) in [5, 5.41) is 5.92. The summed E-state index contributed by atoms with van der Waals surface area (Å²) in [6, 6.07) is 9.94. The van der Waals surface area contributed by atoms with Crippen LogP contribution in [0.25, 0.3) is 0 Å². The zero-order valence-electron chi connectivity index (χ0n) is 25.4. The fourth-order valence-electron chi connectivity index (χ4n) is 4.55. The number of hydrogen-bond donors (Lipinski definition) is 2. The number of para-hydroxylation sites is 1. The van der Waals surface area contributed by atoms with Crippen molar-refractivity contribution >= 4 is 23.6 Å². The van der Waals surface area contributed by atoms with Gasteiger partial charge in [-0.3, -0.25) is 9.59 Å². The molecule has 0 saturated heterocycles.